The molecule has 0 amide bonds. The molecule has 0 aliphatic heterocycles. The summed E-state index contributed by atoms with van der Waals surface area (Å²) in [6.45, 7) is 10.2. The fourth-order valence-electron chi connectivity index (χ4n) is 2.25. The smallest absolute Gasteiger partial charge is 0.123 e. The first-order chi connectivity index (χ1) is 10.2. The second kappa shape index (κ2) is 7.57. The maximum atomic E-state index is 5.62. The van der Waals surface area contributed by atoms with Crippen LogP contribution in [0.1, 0.15) is 43.8 Å². The van der Waals surface area contributed by atoms with E-state index in [1.165, 1.54) is 4.88 Å². The second-order valence-corrected chi connectivity index (χ2v) is 6.15. The molecule has 1 N–H and O–H groups in total. The Kier molecular flexibility index (Phi) is 5.76. The molecule has 0 aliphatic carbocycles. The van der Waals surface area contributed by atoms with Crippen LogP contribution in [-0.4, -0.2) is 18.1 Å². The molecule has 0 saturated heterocycles. The van der Waals surface area contributed by atoms with E-state index < -0.39 is 0 Å². The summed E-state index contributed by atoms with van der Waals surface area (Å²) in [5.74, 6) is 0.926. The molecule has 2 aromatic rings. The summed E-state index contributed by atoms with van der Waals surface area (Å²) < 4.78 is 5.62. The maximum absolute atomic E-state index is 5.62. The Hall–Kier alpha value is -1.39. The number of rotatable bonds is 7. The minimum atomic E-state index is 0.355. The summed E-state index contributed by atoms with van der Waals surface area (Å²) in [6.07, 6.45) is 1.03. The first kappa shape index (κ1) is 16.0. The molecule has 114 valence electrons. The van der Waals surface area contributed by atoms with E-state index in [1.54, 1.807) is 11.3 Å². The lowest BCUT2D eigenvalue weighted by molar-refractivity contribution is 0.317. The predicted molar refractivity (Wildman–Crippen MR) is 90.2 cm³/mol. The molecule has 21 heavy (non-hydrogen) atoms. The van der Waals surface area contributed by atoms with Crippen molar-refractivity contribution in [1.82, 2.24) is 10.3 Å². The number of aromatic nitrogens is 1. The summed E-state index contributed by atoms with van der Waals surface area (Å²) in [5.41, 5.74) is 2.27. The Bertz CT molecular complexity index is 563. The lowest BCUT2D eigenvalue weighted by Crippen LogP contribution is -2.17. The van der Waals surface area contributed by atoms with E-state index >= 15 is 0 Å². The quantitative estimate of drug-likeness (QED) is 0.813. The van der Waals surface area contributed by atoms with Crippen LogP contribution < -0.4 is 10.1 Å². The van der Waals surface area contributed by atoms with Crippen LogP contribution in [0.25, 0.3) is 10.6 Å². The van der Waals surface area contributed by atoms with Gasteiger partial charge in [-0.05, 0) is 51.1 Å². The van der Waals surface area contributed by atoms with Gasteiger partial charge in [0.2, 0.25) is 0 Å². The highest BCUT2D eigenvalue weighted by Gasteiger charge is 2.14. The molecule has 3 nitrogen and oxygen atoms in total. The van der Waals surface area contributed by atoms with Crippen LogP contribution in [0.2, 0.25) is 0 Å². The van der Waals surface area contributed by atoms with Gasteiger partial charge in [-0.1, -0.05) is 13.8 Å². The highest BCUT2D eigenvalue weighted by Crippen LogP contribution is 2.32. The molecule has 0 fully saturated rings. The van der Waals surface area contributed by atoms with Crippen LogP contribution in [0.5, 0.6) is 5.75 Å². The summed E-state index contributed by atoms with van der Waals surface area (Å²) in [5, 5.41) is 4.53. The number of hydrogen-bond donors (Lipinski definition) is 1. The first-order valence-electron chi connectivity index (χ1n) is 7.59. The van der Waals surface area contributed by atoms with Crippen LogP contribution >= 0.6 is 11.3 Å². The normalized spacial score (nSPS) is 12.4. The molecule has 0 bridgehead atoms. The van der Waals surface area contributed by atoms with Gasteiger partial charge in [-0.3, -0.25) is 0 Å². The van der Waals surface area contributed by atoms with E-state index in [1.807, 2.05) is 12.1 Å². The number of aryl methyl sites for hydroxylation is 1. The van der Waals surface area contributed by atoms with Crippen molar-refractivity contribution in [2.45, 2.75) is 40.2 Å². The standard InChI is InChI=1S/C17H24N2OS/c1-5-11-20-15-9-7-14(8-10-15)17-19-13(4)16(21-17)12(3)18-6-2/h7-10,12,18H,5-6,11H2,1-4H3. The van der Waals surface area contributed by atoms with E-state index in [0.717, 1.165) is 41.6 Å². The fourth-order valence-corrected chi connectivity index (χ4v) is 3.34. The van der Waals surface area contributed by atoms with Crippen LogP contribution in [0.3, 0.4) is 0 Å². The van der Waals surface area contributed by atoms with Gasteiger partial charge in [0.15, 0.2) is 0 Å². The van der Waals surface area contributed by atoms with Crippen molar-refractivity contribution in [3.05, 3.63) is 34.8 Å². The zero-order chi connectivity index (χ0) is 15.2. The van der Waals surface area contributed by atoms with E-state index in [4.69, 9.17) is 9.72 Å². The zero-order valence-corrected chi connectivity index (χ0v) is 14.1. The first-order valence-corrected chi connectivity index (χ1v) is 8.41. The van der Waals surface area contributed by atoms with Crippen molar-refractivity contribution in [2.75, 3.05) is 13.2 Å². The average molecular weight is 304 g/mol. The molecule has 4 heteroatoms. The molecule has 1 unspecified atom stereocenters. The van der Waals surface area contributed by atoms with E-state index in [0.29, 0.717) is 6.04 Å². The maximum Gasteiger partial charge on any atom is 0.123 e. The van der Waals surface area contributed by atoms with Crippen molar-refractivity contribution in [1.29, 1.82) is 0 Å². The van der Waals surface area contributed by atoms with Gasteiger partial charge in [-0.15, -0.1) is 11.3 Å². The minimum absolute atomic E-state index is 0.355. The van der Waals surface area contributed by atoms with Crippen molar-refractivity contribution in [2.24, 2.45) is 0 Å². The van der Waals surface area contributed by atoms with Gasteiger partial charge >= 0.3 is 0 Å². The number of ether oxygens (including phenoxy) is 1. The molecular weight excluding hydrogens is 280 g/mol. The lowest BCUT2D eigenvalue weighted by atomic mass is 10.2. The lowest BCUT2D eigenvalue weighted by Gasteiger charge is -2.09. The molecule has 1 atom stereocenters. The number of nitrogens with one attached hydrogen (secondary N) is 1. The Balaban J connectivity index is 2.16. The third-order valence-corrected chi connectivity index (χ3v) is 4.70. The summed E-state index contributed by atoms with van der Waals surface area (Å²) in [4.78, 5) is 6.03. The van der Waals surface area contributed by atoms with E-state index in [2.05, 4.69) is 45.1 Å². The van der Waals surface area contributed by atoms with Gasteiger partial charge in [-0.2, -0.15) is 0 Å². The van der Waals surface area contributed by atoms with E-state index in [9.17, 15) is 0 Å². The Morgan fingerprint density at radius 3 is 2.57 bits per heavy atom. The summed E-state index contributed by atoms with van der Waals surface area (Å²) >= 11 is 1.77. The number of nitrogens with zero attached hydrogens (tertiary/aromatic N) is 1. The van der Waals surface area contributed by atoms with Crippen LogP contribution in [0.15, 0.2) is 24.3 Å². The van der Waals surface area contributed by atoms with Crippen LogP contribution in [0, 0.1) is 6.92 Å². The summed E-state index contributed by atoms with van der Waals surface area (Å²) in [7, 11) is 0. The third kappa shape index (κ3) is 4.05. The van der Waals surface area contributed by atoms with Gasteiger partial charge in [0, 0.05) is 16.5 Å². The van der Waals surface area contributed by atoms with Gasteiger partial charge in [0.25, 0.3) is 0 Å². The molecular formula is C17H24N2OS. The van der Waals surface area contributed by atoms with Crippen molar-refractivity contribution in [3.63, 3.8) is 0 Å². The molecule has 1 aromatic carbocycles. The largest absolute Gasteiger partial charge is 0.494 e. The van der Waals surface area contributed by atoms with Crippen molar-refractivity contribution >= 4 is 11.3 Å². The highest BCUT2D eigenvalue weighted by atomic mass is 32.1. The molecule has 1 aromatic heterocycles. The van der Waals surface area contributed by atoms with Crippen LogP contribution in [-0.2, 0) is 0 Å². The Labute approximate surface area is 131 Å². The van der Waals surface area contributed by atoms with Gasteiger partial charge in [-0.25, -0.2) is 4.98 Å². The average Bonchev–Trinajstić information content (AvgIpc) is 2.88. The molecule has 0 radical (unpaired) electrons. The fraction of sp³-hybridized carbons (Fsp3) is 0.471. The second-order valence-electron chi connectivity index (χ2n) is 5.12. The number of thiazole rings is 1. The minimum Gasteiger partial charge on any atom is -0.494 e. The SMILES string of the molecule is CCCOc1ccc(-c2nc(C)c(C(C)NCC)s2)cc1. The Morgan fingerprint density at radius 1 is 1.24 bits per heavy atom. The van der Waals surface area contributed by atoms with Gasteiger partial charge in [0.05, 0.1) is 12.3 Å². The number of benzene rings is 1. The predicted octanol–water partition coefficient (Wildman–Crippen LogP) is 4.58. The highest BCUT2D eigenvalue weighted by molar-refractivity contribution is 7.15. The third-order valence-electron chi connectivity index (χ3n) is 3.31. The van der Waals surface area contributed by atoms with Crippen molar-refractivity contribution < 1.29 is 4.74 Å². The number of hydrogen-bond acceptors (Lipinski definition) is 4. The Morgan fingerprint density at radius 2 is 1.95 bits per heavy atom. The molecule has 0 aliphatic rings. The topological polar surface area (TPSA) is 34.1 Å². The molecule has 2 rings (SSSR count). The monoisotopic (exact) mass is 304 g/mol. The molecule has 0 saturated carbocycles. The van der Waals surface area contributed by atoms with Crippen LogP contribution in [0.4, 0.5) is 0 Å². The molecule has 0 spiro atoms. The molecule has 1 heterocycles. The van der Waals surface area contributed by atoms with E-state index in [-0.39, 0.29) is 0 Å². The van der Waals surface area contributed by atoms with Gasteiger partial charge < -0.3 is 10.1 Å². The zero-order valence-electron chi connectivity index (χ0n) is 13.3. The van der Waals surface area contributed by atoms with Gasteiger partial charge in [0.1, 0.15) is 10.8 Å². The summed E-state index contributed by atoms with van der Waals surface area (Å²) in [6, 6.07) is 8.58. The van der Waals surface area contributed by atoms with Crippen molar-refractivity contribution in [3.8, 4) is 16.3 Å².